The molecule has 678 valence electrons. The molecule has 0 aromatic heterocycles. The molecule has 13 aromatic carbocycles. The van der Waals surface area contributed by atoms with E-state index in [9.17, 15) is 116 Å². The molecule has 0 fully saturated rings. The van der Waals surface area contributed by atoms with Crippen molar-refractivity contribution in [3.05, 3.63) is 374 Å². The number of hydrogen-bond acceptors (Lipinski definition) is 18. The molecule has 13 aromatic rings. The van der Waals surface area contributed by atoms with E-state index in [0.717, 1.165) is 52.4 Å². The van der Waals surface area contributed by atoms with Crippen molar-refractivity contribution in [3.63, 3.8) is 0 Å². The monoisotopic (exact) mass is 1960 g/mol. The number of aromatic hydroxyl groups is 6. The van der Waals surface area contributed by atoms with Crippen LogP contribution in [0.15, 0.2) is 243 Å². The number of carbonyl (C=O) groups excluding carboxylic acids is 6. The fourth-order valence-corrected chi connectivity index (χ4v) is 13.0. The summed E-state index contributed by atoms with van der Waals surface area (Å²) in [5.41, 5.74) is 0.717. The van der Waals surface area contributed by atoms with Crippen LogP contribution < -0.4 is 31.9 Å². The summed E-state index contributed by atoms with van der Waals surface area (Å²) in [6, 6.07) is 56.0. The summed E-state index contributed by atoms with van der Waals surface area (Å²) in [6.45, 7) is 10.2. The highest BCUT2D eigenvalue weighted by Gasteiger charge is 2.38. The van der Waals surface area contributed by atoms with Crippen molar-refractivity contribution < 1.29 is 101 Å². The van der Waals surface area contributed by atoms with Gasteiger partial charge < -0.3 is 62.5 Å². The zero-order valence-electron chi connectivity index (χ0n) is 67.8. The second kappa shape index (κ2) is 44.7. The number of carbonyl (C=O) groups is 6. The quantitative estimate of drug-likeness (QED) is 0.0258. The Hall–Kier alpha value is -14.2. The van der Waals surface area contributed by atoms with Crippen LogP contribution in [0.2, 0.25) is 40.2 Å². The van der Waals surface area contributed by atoms with Crippen LogP contribution in [-0.2, 0) is 17.8 Å². The van der Waals surface area contributed by atoms with Crippen molar-refractivity contribution in [2.24, 2.45) is 0 Å². The number of fused-ring (bicyclic) bond motifs is 1. The number of amides is 6. The lowest BCUT2D eigenvalue weighted by molar-refractivity contribution is -0.385. The minimum Gasteiger partial charge on any atom is -0.507 e. The lowest BCUT2D eigenvalue weighted by Crippen LogP contribution is -2.16. The summed E-state index contributed by atoms with van der Waals surface area (Å²) in [6.07, 6.45) is -10.1. The van der Waals surface area contributed by atoms with Gasteiger partial charge in [-0.05, 0) is 187 Å². The average Bonchev–Trinajstić information content (AvgIpc) is 0.796. The number of phenolic OH excluding ortho intramolecular Hbond substituents is 6. The van der Waals surface area contributed by atoms with Crippen molar-refractivity contribution >= 4 is 190 Å². The third-order valence-electron chi connectivity index (χ3n) is 17.7. The van der Waals surface area contributed by atoms with E-state index in [2.05, 4.69) is 47.4 Å². The Morgan fingerprint density at radius 2 is 0.664 bits per heavy atom. The normalized spacial score (nSPS) is 10.8. The molecule has 6 amide bonds. The largest absolute Gasteiger partial charge is 0.507 e. The second-order valence-corrected chi connectivity index (χ2v) is 31.8. The molecule has 0 radical (unpaired) electrons. The molecule has 0 saturated heterocycles. The molecular formula is C90H67Cl8F6N9O18. The third-order valence-corrected chi connectivity index (χ3v) is 19.9. The van der Waals surface area contributed by atoms with E-state index in [-0.39, 0.29) is 138 Å². The molecule has 13 rings (SSSR count). The summed E-state index contributed by atoms with van der Waals surface area (Å²) in [5.74, 6) is -5.17. The minimum absolute atomic E-state index is 0.00106. The van der Waals surface area contributed by atoms with Gasteiger partial charge in [-0.2, -0.15) is 26.3 Å². The highest BCUT2D eigenvalue weighted by Crippen LogP contribution is 2.41. The molecule has 0 aliphatic rings. The van der Waals surface area contributed by atoms with Gasteiger partial charge in [0.05, 0.1) is 96.4 Å². The van der Waals surface area contributed by atoms with E-state index in [1.54, 1.807) is 30.3 Å². The van der Waals surface area contributed by atoms with Crippen molar-refractivity contribution in [1.82, 2.24) is 0 Å². The Morgan fingerprint density at radius 1 is 0.305 bits per heavy atom. The average molecular weight is 1960 g/mol. The maximum absolute atomic E-state index is 12.8. The van der Waals surface area contributed by atoms with Gasteiger partial charge in [0.25, 0.3) is 52.5 Å². The molecule has 0 unspecified atom stereocenters. The van der Waals surface area contributed by atoms with E-state index in [4.69, 9.17) is 92.8 Å². The van der Waals surface area contributed by atoms with Crippen LogP contribution in [-0.4, -0.2) is 80.9 Å². The van der Waals surface area contributed by atoms with Crippen LogP contribution in [0.1, 0.15) is 111 Å². The van der Waals surface area contributed by atoms with Gasteiger partial charge in [-0.15, -0.1) is 0 Å². The molecular weight excluding hydrogens is 1890 g/mol. The molecule has 0 spiro atoms. The lowest BCUT2D eigenvalue weighted by atomic mass is 9.87. The van der Waals surface area contributed by atoms with Gasteiger partial charge in [0.2, 0.25) is 0 Å². The first-order chi connectivity index (χ1) is 61.3. The number of nitro groups is 3. The summed E-state index contributed by atoms with van der Waals surface area (Å²) < 4.78 is 76.7. The van der Waals surface area contributed by atoms with Gasteiger partial charge in [0.1, 0.15) is 34.5 Å². The number of phenols is 6. The number of nitro benzene ring substituents is 3. The predicted molar refractivity (Wildman–Crippen MR) is 491 cm³/mol. The Balaban J connectivity index is 0.000000194. The number of rotatable bonds is 15. The fraction of sp³-hybridized carbons (Fsp3) is 0.0889. The zero-order valence-corrected chi connectivity index (χ0v) is 73.9. The van der Waals surface area contributed by atoms with Gasteiger partial charge in [-0.3, -0.25) is 59.1 Å². The number of anilines is 6. The smallest absolute Gasteiger partial charge is 0.416 e. The van der Waals surface area contributed by atoms with Crippen LogP contribution in [0.5, 0.6) is 34.5 Å². The summed E-state index contributed by atoms with van der Waals surface area (Å²) in [4.78, 5) is 103. The van der Waals surface area contributed by atoms with Gasteiger partial charge in [0, 0.05) is 78.9 Å². The number of nitrogens with zero attached hydrogens (tertiary/aromatic N) is 3. The highest BCUT2D eigenvalue weighted by atomic mass is 35.5. The van der Waals surface area contributed by atoms with Crippen LogP contribution in [0.25, 0.3) is 10.8 Å². The first kappa shape index (κ1) is 102. The topological polar surface area (TPSA) is 425 Å². The van der Waals surface area contributed by atoms with Gasteiger partial charge in [0.15, 0.2) is 0 Å². The first-order valence-corrected chi connectivity index (χ1v) is 40.2. The van der Waals surface area contributed by atoms with Crippen molar-refractivity contribution in [2.75, 3.05) is 31.9 Å². The molecule has 0 aliphatic heterocycles. The number of benzene rings is 13. The van der Waals surface area contributed by atoms with Gasteiger partial charge in [-0.1, -0.05) is 174 Å². The summed E-state index contributed by atoms with van der Waals surface area (Å²) in [5, 5.41) is 108. The van der Waals surface area contributed by atoms with E-state index < -0.39 is 84.6 Å². The van der Waals surface area contributed by atoms with E-state index in [0.29, 0.717) is 38.9 Å². The Labute approximate surface area is 778 Å². The molecule has 0 bridgehead atoms. The minimum atomic E-state index is -5.04. The lowest BCUT2D eigenvalue weighted by Gasteiger charge is -2.20. The van der Waals surface area contributed by atoms with Crippen LogP contribution in [0, 0.1) is 44.2 Å². The number of nitrogens with one attached hydrogen (secondary N) is 6. The maximum atomic E-state index is 12.8. The number of non-ortho nitro benzene ring substituents is 3. The first-order valence-electron chi connectivity index (χ1n) is 37.2. The SMILES string of the molecule is CC(C)(C)c1cccc(NC(=O)c2cc(Cl)ccc2O)c1.Cc1cc(C)cc(NC(=O)c2cc(Cl)ccc2O)c1.O=C(Nc1cc(C(F)(F)F)cc(C(F)(F)F)c1)c1cc(Cl)ccc1O.O=C(Nc1ccc([N+](=O)[O-])cc1Cl)c1cc(Cl)cc(Cl)c1O.O=C(Nc1ccc([N+](=O)[O-])cc1Cl)c1ccc2ccccc2c1O.O=C(Nc1ccc([N+](=O)[O-])cc1Cl)c1ccccc1O. The Morgan fingerprint density at radius 3 is 1.07 bits per heavy atom. The molecule has 41 heteroatoms. The second-order valence-electron chi connectivity index (χ2n) is 28.5. The standard InChI is InChI=1S/C17H11ClN2O4.C17H18ClNO2.C15H8ClF6NO2.C15H14ClNO2.C13H7Cl3N2O4.C13H9ClN2O4/c18-14-9-11(20(23)24)6-8-15(14)19-17(22)13-7-5-10-3-1-2-4-12(10)16(13)21;1-17(2,3)11-5-4-6-13(9-11)19-16(21)14-10-12(18)7-8-15(14)20;16-9-1-2-12(24)11(6-9)13(25)23-10-4-7(14(17,18)19)3-8(5-10)15(20,21)22;1-9-5-10(2)7-12(6-9)17-15(19)13-8-11(16)3-4-14(13)18;14-6-3-8(12(19)10(16)4-6)13(20)17-11-2-1-7(18(21)22)5-9(11)15;14-10-7-8(16(19)20)5-6-11(10)15-13(18)9-3-1-2-4-12(9)17/h1-9,21H,(H,19,22);4-10,20H,1-3H3,(H,19,21);1-6,24H,(H,23,25);3-8,18H,1-2H3,(H,17,19);1-5,19H,(H,17,20);1-7,17H,(H,15,18). The molecule has 0 heterocycles. The molecule has 0 atom stereocenters. The van der Waals surface area contributed by atoms with Crippen LogP contribution >= 0.6 is 92.8 Å². The van der Waals surface area contributed by atoms with Crippen molar-refractivity contribution in [1.29, 1.82) is 0 Å². The molecule has 0 aliphatic carbocycles. The zero-order chi connectivity index (χ0) is 97.0. The van der Waals surface area contributed by atoms with E-state index in [1.807, 2.05) is 73.8 Å². The van der Waals surface area contributed by atoms with Crippen molar-refractivity contribution in [3.8, 4) is 34.5 Å². The third kappa shape index (κ3) is 29.2. The number of halogens is 14. The number of hydrogen-bond donors (Lipinski definition) is 12. The molecule has 131 heavy (non-hydrogen) atoms. The number of para-hydroxylation sites is 1. The van der Waals surface area contributed by atoms with E-state index in [1.165, 1.54) is 109 Å². The molecule has 27 nitrogen and oxygen atoms in total. The summed E-state index contributed by atoms with van der Waals surface area (Å²) in [7, 11) is 0. The number of aryl methyl sites for hydroxylation is 2. The Kier molecular flexibility index (Phi) is 34.9. The molecule has 12 N–H and O–H groups in total. The van der Waals surface area contributed by atoms with Gasteiger partial charge in [-0.25, -0.2) is 0 Å². The van der Waals surface area contributed by atoms with E-state index >= 15 is 0 Å². The summed E-state index contributed by atoms with van der Waals surface area (Å²) >= 11 is 46.5. The maximum Gasteiger partial charge on any atom is 0.416 e. The van der Waals surface area contributed by atoms with Crippen LogP contribution in [0.4, 0.5) is 77.5 Å². The highest BCUT2D eigenvalue weighted by molar-refractivity contribution is 6.38. The van der Waals surface area contributed by atoms with Crippen LogP contribution in [0.3, 0.4) is 0 Å². The number of alkyl halides is 6. The van der Waals surface area contributed by atoms with Crippen molar-refractivity contribution in [2.45, 2.75) is 52.4 Å². The van der Waals surface area contributed by atoms with Gasteiger partial charge >= 0.3 is 12.4 Å². The molecule has 0 saturated carbocycles. The predicted octanol–water partition coefficient (Wildman–Crippen LogP) is 25.9. The fourth-order valence-electron chi connectivity index (χ4n) is 11.4. The Bertz CT molecular complexity index is 6540.